The number of furan rings is 4. The Morgan fingerprint density at radius 1 is 0.174 bits per heavy atom. The standard InChI is InChI=1S/4C33H20N2O/c1-2-9-21(10-3-1)22-13-8-14-28-23(22)17-18-33(34-28)35-29-15-6-4-11-24(29)26-20-32-27(19-30(26)35)25-12-5-7-16-31(25)36-32;1-2-8-21(9-3-1)26-17-23(16-22-14-15-34-20-29(22)26)35-30-12-6-4-10-24(30)27-19-33-28(18-31(27)35)25-11-5-7-13-32(25)36-33;1-2-8-21(9-3-1)22-14-15-30(24-16-17-34-20-28(22)24)35-29-12-6-4-10-23(29)26-19-33-27(18-31(26)35)25-11-5-7-13-32(25)36-33;1-2-10-21(11-3-1)33-23-13-5-4-12-22(23)18-32(34-33)35-28-16-8-6-14-24(28)26-20-31-27(19-29(26)35)25-15-7-9-17-30(25)36-31/h4*1-20H. The lowest BCUT2D eigenvalue weighted by Crippen LogP contribution is -1.99. The maximum Gasteiger partial charge on any atom is 0.138 e. The molecule has 0 aliphatic heterocycles. The van der Waals surface area contributed by atoms with Gasteiger partial charge in [-0.1, -0.05) is 309 Å². The lowest BCUT2D eigenvalue weighted by molar-refractivity contribution is 0.669. The van der Waals surface area contributed by atoms with Crippen molar-refractivity contribution >= 4 is 218 Å². The number of para-hydroxylation sites is 8. The van der Waals surface area contributed by atoms with Crippen LogP contribution in [0.15, 0.2) is 503 Å². The second kappa shape index (κ2) is 33.1. The van der Waals surface area contributed by atoms with E-state index in [2.05, 4.69) is 429 Å². The topological polar surface area (TPSA) is 124 Å². The molecule has 12 heteroatoms. The molecule has 0 radical (unpaired) electrons. The zero-order chi connectivity index (χ0) is 94.6. The van der Waals surface area contributed by atoms with Gasteiger partial charge in [0.15, 0.2) is 0 Å². The van der Waals surface area contributed by atoms with Gasteiger partial charge in [0.05, 0.1) is 61.0 Å². The Morgan fingerprint density at radius 3 is 1.04 bits per heavy atom. The van der Waals surface area contributed by atoms with Crippen LogP contribution in [0.5, 0.6) is 0 Å². The predicted octanol–water partition coefficient (Wildman–Crippen LogP) is 35.6. The molecule has 32 rings (SSSR count). The first-order valence-electron chi connectivity index (χ1n) is 48.6. The van der Waals surface area contributed by atoms with Crippen LogP contribution in [0.25, 0.3) is 286 Å². The van der Waals surface area contributed by atoms with Crippen LogP contribution in [0.4, 0.5) is 0 Å². The third-order valence-electron chi connectivity index (χ3n) is 28.9. The van der Waals surface area contributed by atoms with Crippen molar-refractivity contribution in [1.82, 2.24) is 38.2 Å². The van der Waals surface area contributed by atoms with Gasteiger partial charge in [-0.15, -0.1) is 0 Å². The number of fused-ring (bicyclic) bond motifs is 28. The molecule has 0 saturated heterocycles. The number of hydrogen-bond acceptors (Lipinski definition) is 8. The van der Waals surface area contributed by atoms with Crippen LogP contribution in [0.1, 0.15) is 0 Å². The molecule has 12 aromatic heterocycles. The zero-order valence-electron chi connectivity index (χ0n) is 77.4. The molecule has 12 nitrogen and oxygen atoms in total. The molecule has 0 amide bonds. The first-order valence-corrected chi connectivity index (χ1v) is 48.6. The first-order chi connectivity index (χ1) is 71.4. The molecule has 0 aliphatic rings. The summed E-state index contributed by atoms with van der Waals surface area (Å²) >= 11 is 0. The Bertz CT molecular complexity index is 10500. The number of rotatable bonds is 8. The molecule has 0 bridgehead atoms. The van der Waals surface area contributed by atoms with Gasteiger partial charge in [0.25, 0.3) is 0 Å². The van der Waals surface area contributed by atoms with E-state index >= 15 is 0 Å². The lowest BCUT2D eigenvalue weighted by atomic mass is 9.98. The number of nitrogens with zero attached hydrogens (tertiary/aromatic N) is 8. The maximum atomic E-state index is 6.24. The largest absolute Gasteiger partial charge is 0.456 e. The van der Waals surface area contributed by atoms with Gasteiger partial charge < -0.3 is 26.8 Å². The molecule has 672 valence electrons. The van der Waals surface area contributed by atoms with Gasteiger partial charge in [-0.25, -0.2) is 9.97 Å². The van der Waals surface area contributed by atoms with Gasteiger partial charge in [-0.2, -0.15) is 0 Å². The number of aromatic nitrogens is 8. The molecule has 32 aromatic rings. The number of pyridine rings is 4. The molecule has 144 heavy (non-hydrogen) atoms. The van der Waals surface area contributed by atoms with E-state index in [0.717, 1.165) is 182 Å². The third kappa shape index (κ3) is 13.2. The Balaban J connectivity index is 0.0000000913. The SMILES string of the molecule is c1ccc(-c2cc(-n3c4ccccc4c4cc5oc6ccccc6c5cc43)cc3ccncc23)cc1.c1ccc(-c2ccc(-n3c4ccccc4c4cc5oc6ccccc6c5cc43)c3ccncc23)cc1.c1ccc(-c2cccc3nc(-n4c5ccccc5c5cc6oc7ccccc7c6cc54)ccc23)cc1.c1ccc(-c2nc(-n3c4ccccc4c4cc5oc6ccccc6c5cc43)cc3ccccc23)cc1. The van der Waals surface area contributed by atoms with E-state index in [-0.39, 0.29) is 0 Å². The van der Waals surface area contributed by atoms with Crippen molar-refractivity contribution in [3.05, 3.63) is 486 Å². The van der Waals surface area contributed by atoms with Crippen molar-refractivity contribution in [3.63, 3.8) is 0 Å². The number of benzene rings is 20. The summed E-state index contributed by atoms with van der Waals surface area (Å²) in [6.07, 6.45) is 7.70. The fourth-order valence-corrected chi connectivity index (χ4v) is 22.4. The summed E-state index contributed by atoms with van der Waals surface area (Å²) < 4.78 is 34.3. The summed E-state index contributed by atoms with van der Waals surface area (Å²) in [5.41, 5.74) is 29.0. The van der Waals surface area contributed by atoms with Crippen molar-refractivity contribution < 1.29 is 17.7 Å². The Hall–Kier alpha value is -19.6. The summed E-state index contributed by atoms with van der Waals surface area (Å²) in [6, 6.07) is 162. The van der Waals surface area contributed by atoms with Crippen molar-refractivity contribution in [2.75, 3.05) is 0 Å². The van der Waals surface area contributed by atoms with Crippen LogP contribution in [0.2, 0.25) is 0 Å². The van der Waals surface area contributed by atoms with Gasteiger partial charge in [0.1, 0.15) is 56.3 Å². The minimum atomic E-state index is 0.906. The van der Waals surface area contributed by atoms with Gasteiger partial charge in [0.2, 0.25) is 0 Å². The highest BCUT2D eigenvalue weighted by molar-refractivity contribution is 6.23. The van der Waals surface area contributed by atoms with Crippen LogP contribution in [-0.2, 0) is 0 Å². The minimum absolute atomic E-state index is 0.906. The van der Waals surface area contributed by atoms with E-state index in [1.807, 2.05) is 85.5 Å². The first kappa shape index (κ1) is 81.6. The van der Waals surface area contributed by atoms with Crippen LogP contribution in [0.3, 0.4) is 0 Å². The highest BCUT2D eigenvalue weighted by Gasteiger charge is 2.26. The zero-order valence-corrected chi connectivity index (χ0v) is 77.4. The third-order valence-corrected chi connectivity index (χ3v) is 28.9. The number of hydrogen-bond donors (Lipinski definition) is 0. The normalized spacial score (nSPS) is 11.9. The molecular weight excluding hydrogens is 1760 g/mol. The monoisotopic (exact) mass is 1840 g/mol. The maximum absolute atomic E-state index is 6.24. The Labute approximate surface area is 821 Å². The van der Waals surface area contributed by atoms with E-state index in [0.29, 0.717) is 0 Å². The molecule has 0 aliphatic carbocycles. The average Bonchev–Trinajstić information content (AvgIpc) is 1.59. The second-order valence-corrected chi connectivity index (χ2v) is 37.0. The molecule has 0 fully saturated rings. The fraction of sp³-hybridized carbons (Fsp3) is 0. The lowest BCUT2D eigenvalue weighted by Gasteiger charge is -2.14. The smallest absolute Gasteiger partial charge is 0.138 e. The summed E-state index contributed by atoms with van der Waals surface area (Å²) in [7, 11) is 0. The summed E-state index contributed by atoms with van der Waals surface area (Å²) in [5.74, 6) is 1.82. The highest BCUT2D eigenvalue weighted by atomic mass is 16.3. The fourth-order valence-electron chi connectivity index (χ4n) is 22.4. The van der Waals surface area contributed by atoms with Gasteiger partial charge >= 0.3 is 0 Å². The quantitative estimate of drug-likeness (QED) is 0.147. The van der Waals surface area contributed by atoms with Gasteiger partial charge in [0, 0.05) is 149 Å². The van der Waals surface area contributed by atoms with Crippen molar-refractivity contribution in [1.29, 1.82) is 0 Å². The van der Waals surface area contributed by atoms with Crippen LogP contribution in [0, 0.1) is 0 Å². The molecule has 0 N–H and O–H groups in total. The van der Waals surface area contributed by atoms with Gasteiger partial charge in [-0.3, -0.25) is 19.1 Å². The van der Waals surface area contributed by atoms with E-state index < -0.39 is 0 Å². The van der Waals surface area contributed by atoms with Crippen LogP contribution in [-0.4, -0.2) is 38.2 Å². The van der Waals surface area contributed by atoms with Crippen LogP contribution < -0.4 is 0 Å². The van der Waals surface area contributed by atoms with Crippen molar-refractivity contribution in [2.45, 2.75) is 0 Å². The molecular formula is C132H80N8O4. The summed E-state index contributed by atoms with van der Waals surface area (Å²) in [5, 5.41) is 26.6. The van der Waals surface area contributed by atoms with Crippen LogP contribution >= 0.6 is 0 Å². The Kier molecular flexibility index (Phi) is 18.8. The average molecular weight is 1840 g/mol. The molecule has 0 unspecified atom stereocenters. The second-order valence-electron chi connectivity index (χ2n) is 37.0. The highest BCUT2D eigenvalue weighted by Crippen LogP contribution is 2.48. The van der Waals surface area contributed by atoms with Crippen molar-refractivity contribution in [3.8, 4) is 67.6 Å². The molecule has 20 aromatic carbocycles. The van der Waals surface area contributed by atoms with Crippen molar-refractivity contribution in [2.24, 2.45) is 0 Å². The predicted molar refractivity (Wildman–Crippen MR) is 595 cm³/mol. The summed E-state index contributed by atoms with van der Waals surface area (Å²) in [4.78, 5) is 19.4. The molecule has 12 heterocycles. The molecule has 0 saturated carbocycles. The van der Waals surface area contributed by atoms with E-state index in [9.17, 15) is 0 Å². The van der Waals surface area contributed by atoms with E-state index in [4.69, 9.17) is 27.6 Å². The van der Waals surface area contributed by atoms with Gasteiger partial charge in [-0.05, 0) is 196 Å². The van der Waals surface area contributed by atoms with E-state index in [1.165, 1.54) is 104 Å². The summed E-state index contributed by atoms with van der Waals surface area (Å²) in [6.45, 7) is 0. The molecule has 0 atom stereocenters. The Morgan fingerprint density at radius 2 is 0.549 bits per heavy atom. The molecule has 0 spiro atoms. The minimum Gasteiger partial charge on any atom is -0.456 e. The van der Waals surface area contributed by atoms with E-state index in [1.54, 1.807) is 0 Å².